The molecule has 0 radical (unpaired) electrons. The molecule has 2 fully saturated rings. The third-order valence-corrected chi connectivity index (χ3v) is 10.6. The average Bonchev–Trinajstić information content (AvgIpc) is 3.45. The van der Waals surface area contributed by atoms with Crippen molar-refractivity contribution in [1.29, 1.82) is 0 Å². The molecule has 258 valence electrons. The SMILES string of the molecule is CN(CC(=O)N1CCN(c2ccccn2)CC1)C(=O)[C@@H](Cc1cc(Br)c(N)c(Br)c1)NC(=O)N1CCC(n2c(=O)[nH]c3ccccc32)CC1. The van der Waals surface area contributed by atoms with E-state index >= 15 is 0 Å². The molecule has 2 saturated heterocycles. The van der Waals surface area contributed by atoms with Crippen molar-refractivity contribution in [3.8, 4) is 0 Å². The number of pyridine rings is 1. The second-order valence-electron chi connectivity index (χ2n) is 12.5. The number of rotatable bonds is 8. The molecule has 2 aliphatic heterocycles. The van der Waals surface area contributed by atoms with Gasteiger partial charge in [0.05, 0.1) is 23.3 Å². The van der Waals surface area contributed by atoms with Gasteiger partial charge in [-0.15, -0.1) is 0 Å². The first-order valence-corrected chi connectivity index (χ1v) is 17.8. The molecule has 4 aromatic rings. The van der Waals surface area contributed by atoms with E-state index in [-0.39, 0.29) is 42.5 Å². The van der Waals surface area contributed by atoms with Crippen LogP contribution in [0.2, 0.25) is 0 Å². The van der Waals surface area contributed by atoms with Gasteiger partial charge in [0.15, 0.2) is 0 Å². The number of nitrogens with two attached hydrogens (primary N) is 1. The lowest BCUT2D eigenvalue weighted by atomic mass is 10.0. The van der Waals surface area contributed by atoms with Crippen molar-refractivity contribution in [2.24, 2.45) is 0 Å². The van der Waals surface area contributed by atoms with Gasteiger partial charge in [0.1, 0.15) is 11.9 Å². The normalized spacial score (nSPS) is 16.1. The molecular weight excluding hydrogens is 758 g/mol. The van der Waals surface area contributed by atoms with Crippen LogP contribution in [0.25, 0.3) is 11.0 Å². The number of para-hydroxylation sites is 2. The number of H-pyrrole nitrogens is 1. The minimum Gasteiger partial charge on any atom is -0.397 e. The van der Waals surface area contributed by atoms with Crippen molar-refractivity contribution in [2.75, 3.05) is 63.5 Å². The van der Waals surface area contributed by atoms with Gasteiger partial charge in [-0.3, -0.25) is 14.2 Å². The monoisotopic (exact) mass is 795 g/mol. The number of likely N-dealkylation sites (N-methyl/N-ethyl adjacent to an activating group) is 1. The fourth-order valence-corrected chi connectivity index (χ4v) is 7.85. The van der Waals surface area contributed by atoms with Crippen LogP contribution in [-0.2, 0) is 16.0 Å². The minimum absolute atomic E-state index is 0.0578. The molecule has 4 N–H and O–H groups in total. The van der Waals surface area contributed by atoms with Gasteiger partial charge in [0, 0.05) is 73.9 Å². The Bertz CT molecular complexity index is 1860. The third-order valence-electron chi connectivity index (χ3n) is 9.27. The summed E-state index contributed by atoms with van der Waals surface area (Å²) in [7, 11) is 1.59. The molecule has 2 aromatic heterocycles. The number of nitrogen functional groups attached to an aromatic ring is 1. The Hall–Kier alpha value is -4.37. The summed E-state index contributed by atoms with van der Waals surface area (Å²) in [6, 6.07) is 15.6. The zero-order chi connectivity index (χ0) is 34.7. The van der Waals surface area contributed by atoms with Crippen molar-refractivity contribution >= 4 is 72.2 Å². The number of hydrogen-bond acceptors (Lipinski definition) is 7. The van der Waals surface area contributed by atoms with Gasteiger partial charge >= 0.3 is 11.7 Å². The molecule has 0 spiro atoms. The Morgan fingerprint density at radius 1 is 0.980 bits per heavy atom. The molecule has 1 atom stereocenters. The van der Waals surface area contributed by atoms with Crippen LogP contribution in [0, 0.1) is 0 Å². The predicted molar refractivity (Wildman–Crippen MR) is 195 cm³/mol. The van der Waals surface area contributed by atoms with Gasteiger partial charge in [-0.2, -0.15) is 0 Å². The molecule has 15 heteroatoms. The van der Waals surface area contributed by atoms with E-state index in [1.807, 2.05) is 54.6 Å². The van der Waals surface area contributed by atoms with Gasteiger partial charge in [-0.1, -0.05) is 18.2 Å². The molecular formula is C34H39Br2N9O4. The number of fused-ring (bicyclic) bond motifs is 1. The number of aromatic nitrogens is 3. The zero-order valence-electron chi connectivity index (χ0n) is 27.1. The Kier molecular flexibility index (Phi) is 10.6. The van der Waals surface area contributed by atoms with Crippen LogP contribution >= 0.6 is 31.9 Å². The molecule has 4 heterocycles. The maximum Gasteiger partial charge on any atom is 0.326 e. The highest BCUT2D eigenvalue weighted by Crippen LogP contribution is 2.30. The number of benzene rings is 2. The minimum atomic E-state index is -0.942. The van der Waals surface area contributed by atoms with Gasteiger partial charge in [0.2, 0.25) is 11.8 Å². The number of piperazine rings is 1. The highest BCUT2D eigenvalue weighted by molar-refractivity contribution is 9.11. The summed E-state index contributed by atoms with van der Waals surface area (Å²) in [5, 5.41) is 2.96. The number of halogens is 2. The number of anilines is 2. The molecule has 0 saturated carbocycles. The van der Waals surface area contributed by atoms with E-state index in [9.17, 15) is 19.2 Å². The number of amides is 4. The zero-order valence-corrected chi connectivity index (χ0v) is 30.3. The predicted octanol–water partition coefficient (Wildman–Crippen LogP) is 3.60. The first kappa shape index (κ1) is 34.5. The van der Waals surface area contributed by atoms with E-state index in [0.717, 1.165) is 22.4 Å². The van der Waals surface area contributed by atoms with Crippen LogP contribution in [0.15, 0.2) is 74.5 Å². The lowest BCUT2D eigenvalue weighted by molar-refractivity contribution is -0.140. The standard InChI is InChI=1S/C34H39Br2N9O4/c1-41(21-30(46)43-16-14-42(15-17-43)29-8-4-5-11-38-29)32(47)27(20-22-18-24(35)31(37)25(36)19-22)40-33(48)44-12-9-23(10-13-44)45-28-7-3-2-6-26(28)39-34(45)49/h2-8,11,18-19,23,27H,9-10,12-17,20-21,37H2,1H3,(H,39,49)(H,40,48)/t27-/m1/s1. The van der Waals surface area contributed by atoms with Crippen molar-refractivity contribution in [3.05, 3.63) is 85.8 Å². The number of nitrogens with one attached hydrogen (secondary N) is 2. The van der Waals surface area contributed by atoms with Crippen molar-refractivity contribution < 1.29 is 14.4 Å². The first-order valence-electron chi connectivity index (χ1n) is 16.3. The van der Waals surface area contributed by atoms with Crippen LogP contribution in [-0.4, -0.2) is 106 Å². The van der Waals surface area contributed by atoms with E-state index in [2.05, 4.69) is 52.0 Å². The highest BCUT2D eigenvalue weighted by atomic mass is 79.9. The van der Waals surface area contributed by atoms with E-state index in [4.69, 9.17) is 5.73 Å². The molecule has 13 nitrogen and oxygen atoms in total. The lowest BCUT2D eigenvalue weighted by Gasteiger charge is -2.36. The van der Waals surface area contributed by atoms with E-state index in [1.54, 1.807) is 27.6 Å². The third kappa shape index (κ3) is 7.77. The van der Waals surface area contributed by atoms with Crippen molar-refractivity contribution in [1.82, 2.24) is 34.6 Å². The number of piperidine rings is 1. The maximum absolute atomic E-state index is 13.9. The van der Waals surface area contributed by atoms with E-state index < -0.39 is 6.04 Å². The van der Waals surface area contributed by atoms with Crippen LogP contribution in [0.3, 0.4) is 0 Å². The number of imidazole rings is 1. The summed E-state index contributed by atoms with van der Waals surface area (Å²) in [5.74, 6) is 0.338. The number of carbonyl (C=O) groups is 3. The number of aromatic amines is 1. The Morgan fingerprint density at radius 3 is 2.33 bits per heavy atom. The summed E-state index contributed by atoms with van der Waals surface area (Å²) < 4.78 is 3.10. The van der Waals surface area contributed by atoms with E-state index in [0.29, 0.717) is 66.7 Å². The second kappa shape index (κ2) is 15.0. The number of nitrogens with zero attached hydrogens (tertiary/aromatic N) is 6. The van der Waals surface area contributed by atoms with E-state index in [1.165, 1.54) is 4.90 Å². The topological polar surface area (TPSA) is 153 Å². The first-order chi connectivity index (χ1) is 23.6. The Balaban J connectivity index is 1.11. The molecule has 6 rings (SSSR count). The summed E-state index contributed by atoms with van der Waals surface area (Å²) in [6.45, 7) is 3.05. The lowest BCUT2D eigenvalue weighted by Crippen LogP contribution is -2.56. The smallest absolute Gasteiger partial charge is 0.326 e. The van der Waals surface area contributed by atoms with Crippen LogP contribution < -0.4 is 21.6 Å². The molecule has 2 aliphatic rings. The fourth-order valence-electron chi connectivity index (χ4n) is 6.57. The van der Waals surface area contributed by atoms with Gasteiger partial charge < -0.3 is 35.6 Å². The fraction of sp³-hybridized carbons (Fsp3) is 0.382. The Morgan fingerprint density at radius 2 is 1.65 bits per heavy atom. The van der Waals surface area contributed by atoms with Crippen molar-refractivity contribution in [2.45, 2.75) is 31.3 Å². The molecule has 49 heavy (non-hydrogen) atoms. The van der Waals surface area contributed by atoms with Crippen LogP contribution in [0.5, 0.6) is 0 Å². The summed E-state index contributed by atoms with van der Waals surface area (Å²) in [6.07, 6.45) is 3.12. The Labute approximate surface area is 300 Å². The maximum atomic E-state index is 13.9. The average molecular weight is 798 g/mol. The molecule has 2 aromatic carbocycles. The number of carbonyl (C=O) groups excluding carboxylic acids is 3. The molecule has 4 amide bonds. The van der Waals surface area contributed by atoms with Gasteiger partial charge in [0.25, 0.3) is 0 Å². The largest absolute Gasteiger partial charge is 0.397 e. The summed E-state index contributed by atoms with van der Waals surface area (Å²) >= 11 is 6.95. The molecule has 0 unspecified atom stereocenters. The summed E-state index contributed by atoms with van der Waals surface area (Å²) in [4.78, 5) is 67.9. The van der Waals surface area contributed by atoms with Gasteiger partial charge in [-0.25, -0.2) is 14.6 Å². The highest BCUT2D eigenvalue weighted by Gasteiger charge is 2.32. The molecule has 0 bridgehead atoms. The number of likely N-dealkylation sites (tertiary alicyclic amines) is 1. The second-order valence-corrected chi connectivity index (χ2v) is 14.2. The van der Waals surface area contributed by atoms with Crippen molar-refractivity contribution in [3.63, 3.8) is 0 Å². The van der Waals surface area contributed by atoms with Gasteiger partial charge in [-0.05, 0) is 86.7 Å². The van der Waals surface area contributed by atoms with Crippen LogP contribution in [0.4, 0.5) is 16.3 Å². The summed E-state index contributed by atoms with van der Waals surface area (Å²) in [5.41, 5.74) is 8.86. The van der Waals surface area contributed by atoms with Crippen LogP contribution in [0.1, 0.15) is 24.4 Å². The molecule has 0 aliphatic carbocycles. The quantitative estimate of drug-likeness (QED) is 0.231. The number of urea groups is 1. The number of hydrogen-bond donors (Lipinski definition) is 3.